The first-order valence-corrected chi connectivity index (χ1v) is 5.87. The van der Waals surface area contributed by atoms with Gasteiger partial charge in [-0.15, -0.1) is 0 Å². The average Bonchev–Trinajstić information content (AvgIpc) is 2.26. The number of carbonyl (C=O) groups is 1. The minimum atomic E-state index is -0.176. The number of nitrogens with two attached hydrogens (primary N) is 1. The molecule has 4 nitrogen and oxygen atoms in total. The minimum Gasteiger partial charge on any atom is -0.397 e. The van der Waals surface area contributed by atoms with Crippen LogP contribution in [-0.4, -0.2) is 25.2 Å². The molecular formula is C12H15ClN2O2. The van der Waals surface area contributed by atoms with Crippen LogP contribution in [0.25, 0.3) is 0 Å². The molecule has 0 atom stereocenters. The molecule has 17 heavy (non-hydrogen) atoms. The molecule has 1 aliphatic carbocycles. The molecule has 92 valence electrons. The van der Waals surface area contributed by atoms with Gasteiger partial charge in [0.05, 0.1) is 22.4 Å². The molecule has 0 aliphatic heterocycles. The summed E-state index contributed by atoms with van der Waals surface area (Å²) in [5.41, 5.74) is 6.51. The van der Waals surface area contributed by atoms with Gasteiger partial charge in [-0.05, 0) is 25.0 Å². The van der Waals surface area contributed by atoms with Crippen molar-refractivity contribution in [2.24, 2.45) is 0 Å². The van der Waals surface area contributed by atoms with Crippen LogP contribution in [0.4, 0.5) is 5.69 Å². The summed E-state index contributed by atoms with van der Waals surface area (Å²) in [7, 11) is 1.68. The number of hydrogen-bond donors (Lipinski definition) is 2. The van der Waals surface area contributed by atoms with E-state index in [1.807, 2.05) is 0 Å². The zero-order valence-electron chi connectivity index (χ0n) is 9.57. The Kier molecular flexibility index (Phi) is 3.54. The number of amides is 1. The fourth-order valence-corrected chi connectivity index (χ4v) is 2.05. The van der Waals surface area contributed by atoms with Crippen molar-refractivity contribution in [2.45, 2.75) is 25.0 Å². The lowest BCUT2D eigenvalue weighted by molar-refractivity contribution is 0.0176. The van der Waals surface area contributed by atoms with Crippen LogP contribution in [0.3, 0.4) is 0 Å². The van der Waals surface area contributed by atoms with Crippen molar-refractivity contribution < 1.29 is 9.53 Å². The normalized spacial score (nSPS) is 22.9. The van der Waals surface area contributed by atoms with E-state index in [1.165, 1.54) is 0 Å². The van der Waals surface area contributed by atoms with Gasteiger partial charge in [0.15, 0.2) is 0 Å². The quantitative estimate of drug-likeness (QED) is 0.809. The van der Waals surface area contributed by atoms with Gasteiger partial charge in [0.1, 0.15) is 0 Å². The van der Waals surface area contributed by atoms with Gasteiger partial charge < -0.3 is 15.8 Å². The number of anilines is 1. The lowest BCUT2D eigenvalue weighted by atomic mass is 9.89. The Morgan fingerprint density at radius 1 is 1.53 bits per heavy atom. The number of para-hydroxylation sites is 1. The molecule has 0 radical (unpaired) electrons. The molecule has 1 aromatic rings. The first kappa shape index (κ1) is 12.2. The van der Waals surface area contributed by atoms with E-state index in [0.717, 1.165) is 12.8 Å². The molecule has 3 N–H and O–H groups in total. The van der Waals surface area contributed by atoms with Crippen molar-refractivity contribution in [3.05, 3.63) is 28.8 Å². The summed E-state index contributed by atoms with van der Waals surface area (Å²) in [5, 5.41) is 3.31. The third-order valence-electron chi connectivity index (χ3n) is 3.06. The predicted octanol–water partition coefficient (Wildman–Crippen LogP) is 1.83. The molecule has 1 saturated carbocycles. The summed E-state index contributed by atoms with van der Waals surface area (Å²) >= 11 is 5.86. The molecule has 1 fully saturated rings. The second kappa shape index (κ2) is 4.94. The molecule has 0 unspecified atom stereocenters. The molecule has 0 heterocycles. The highest BCUT2D eigenvalue weighted by molar-refractivity contribution is 6.33. The molecule has 0 spiro atoms. The van der Waals surface area contributed by atoms with E-state index in [2.05, 4.69) is 5.32 Å². The number of ether oxygens (including phenoxy) is 1. The summed E-state index contributed by atoms with van der Waals surface area (Å²) in [5.74, 6) is -0.176. The fourth-order valence-electron chi connectivity index (χ4n) is 1.87. The first-order valence-electron chi connectivity index (χ1n) is 5.49. The molecule has 0 bridgehead atoms. The van der Waals surface area contributed by atoms with Gasteiger partial charge in [-0.25, -0.2) is 0 Å². The Morgan fingerprint density at radius 2 is 2.24 bits per heavy atom. The van der Waals surface area contributed by atoms with Crippen LogP contribution in [0.1, 0.15) is 23.2 Å². The zero-order valence-corrected chi connectivity index (χ0v) is 10.3. The van der Waals surface area contributed by atoms with Crippen molar-refractivity contribution in [1.82, 2.24) is 5.32 Å². The molecule has 1 amide bonds. The lowest BCUT2D eigenvalue weighted by Gasteiger charge is -2.34. The Balaban J connectivity index is 1.99. The number of methoxy groups -OCH3 is 1. The number of halogens is 1. The van der Waals surface area contributed by atoms with Gasteiger partial charge in [-0.3, -0.25) is 4.79 Å². The summed E-state index contributed by atoms with van der Waals surface area (Å²) in [6, 6.07) is 5.22. The van der Waals surface area contributed by atoms with Crippen LogP contribution < -0.4 is 11.1 Å². The zero-order chi connectivity index (χ0) is 12.4. The highest BCUT2D eigenvalue weighted by atomic mass is 35.5. The summed E-state index contributed by atoms with van der Waals surface area (Å²) in [4.78, 5) is 11.9. The Morgan fingerprint density at radius 3 is 2.88 bits per heavy atom. The number of nitrogen functional groups attached to an aromatic ring is 1. The summed E-state index contributed by atoms with van der Waals surface area (Å²) < 4.78 is 5.15. The van der Waals surface area contributed by atoms with E-state index in [0.29, 0.717) is 16.3 Å². The average molecular weight is 255 g/mol. The smallest absolute Gasteiger partial charge is 0.253 e. The maximum absolute atomic E-state index is 11.9. The van der Waals surface area contributed by atoms with Crippen molar-refractivity contribution in [1.29, 1.82) is 0 Å². The standard InChI is InChI=1S/C12H15ClN2O2/c1-17-8-5-7(6-8)15-12(16)9-3-2-4-10(13)11(9)14/h2-4,7-8H,5-6,14H2,1H3,(H,15,16). The lowest BCUT2D eigenvalue weighted by Crippen LogP contribution is -2.47. The van der Waals surface area contributed by atoms with E-state index in [-0.39, 0.29) is 18.1 Å². The van der Waals surface area contributed by atoms with E-state index in [1.54, 1.807) is 25.3 Å². The number of benzene rings is 1. The van der Waals surface area contributed by atoms with Gasteiger partial charge >= 0.3 is 0 Å². The highest BCUT2D eigenvalue weighted by Gasteiger charge is 2.30. The van der Waals surface area contributed by atoms with Crippen molar-refractivity contribution in [3.63, 3.8) is 0 Å². The first-order chi connectivity index (χ1) is 8.11. The summed E-state index contributed by atoms with van der Waals surface area (Å²) in [6.07, 6.45) is 1.96. The highest BCUT2D eigenvalue weighted by Crippen LogP contribution is 2.25. The molecule has 2 rings (SSSR count). The van der Waals surface area contributed by atoms with Crippen LogP contribution in [-0.2, 0) is 4.74 Å². The van der Waals surface area contributed by atoms with Crippen molar-refractivity contribution >= 4 is 23.2 Å². The van der Waals surface area contributed by atoms with Gasteiger partial charge in [0.2, 0.25) is 0 Å². The third-order valence-corrected chi connectivity index (χ3v) is 3.39. The number of rotatable bonds is 3. The van der Waals surface area contributed by atoms with Gasteiger partial charge in [-0.1, -0.05) is 17.7 Å². The third kappa shape index (κ3) is 2.53. The van der Waals surface area contributed by atoms with E-state index in [9.17, 15) is 4.79 Å². The second-order valence-corrected chi connectivity index (χ2v) is 4.61. The molecule has 0 aromatic heterocycles. The van der Waals surface area contributed by atoms with Crippen LogP contribution in [0, 0.1) is 0 Å². The molecule has 1 aliphatic rings. The van der Waals surface area contributed by atoms with E-state index < -0.39 is 0 Å². The largest absolute Gasteiger partial charge is 0.397 e. The van der Waals surface area contributed by atoms with Gasteiger partial charge in [0.25, 0.3) is 5.91 Å². The van der Waals surface area contributed by atoms with Gasteiger partial charge in [0, 0.05) is 13.2 Å². The number of hydrogen-bond acceptors (Lipinski definition) is 3. The number of carbonyl (C=O) groups excluding carboxylic acids is 1. The second-order valence-electron chi connectivity index (χ2n) is 4.20. The maximum atomic E-state index is 11.9. The predicted molar refractivity (Wildman–Crippen MR) is 67.1 cm³/mol. The molecule has 1 aromatic carbocycles. The van der Waals surface area contributed by atoms with Crippen molar-refractivity contribution in [3.8, 4) is 0 Å². The summed E-state index contributed by atoms with van der Waals surface area (Å²) in [6.45, 7) is 0. The van der Waals surface area contributed by atoms with E-state index in [4.69, 9.17) is 22.1 Å². The van der Waals surface area contributed by atoms with Crippen molar-refractivity contribution in [2.75, 3.05) is 12.8 Å². The molecule has 0 saturated heterocycles. The van der Waals surface area contributed by atoms with Crippen LogP contribution in [0.5, 0.6) is 0 Å². The fraction of sp³-hybridized carbons (Fsp3) is 0.417. The maximum Gasteiger partial charge on any atom is 0.253 e. The minimum absolute atomic E-state index is 0.172. The van der Waals surface area contributed by atoms with Gasteiger partial charge in [-0.2, -0.15) is 0 Å². The Bertz CT molecular complexity index is 431. The Hall–Kier alpha value is -1.26. The molecule has 5 heteroatoms. The van der Waals surface area contributed by atoms with Crippen LogP contribution in [0.2, 0.25) is 5.02 Å². The monoisotopic (exact) mass is 254 g/mol. The molecular weight excluding hydrogens is 240 g/mol. The van der Waals surface area contributed by atoms with Crippen LogP contribution in [0.15, 0.2) is 18.2 Å². The van der Waals surface area contributed by atoms with E-state index >= 15 is 0 Å². The van der Waals surface area contributed by atoms with Crippen LogP contribution >= 0.6 is 11.6 Å². The SMILES string of the molecule is COC1CC(NC(=O)c2cccc(Cl)c2N)C1. The topological polar surface area (TPSA) is 64.3 Å². The number of nitrogens with one attached hydrogen (secondary N) is 1. The Labute approximate surface area is 105 Å².